The predicted molar refractivity (Wildman–Crippen MR) is 124 cm³/mol. The van der Waals surface area contributed by atoms with Crippen molar-refractivity contribution in [2.24, 2.45) is 0 Å². The molecule has 5 rings (SSSR count). The third-order valence-electron chi connectivity index (χ3n) is 6.10. The first kappa shape index (κ1) is 20.6. The van der Waals surface area contributed by atoms with Crippen molar-refractivity contribution in [1.82, 2.24) is 5.32 Å². The Kier molecular flexibility index (Phi) is 5.35. The molecule has 1 aromatic carbocycles. The van der Waals surface area contributed by atoms with E-state index in [4.69, 9.17) is 8.83 Å². The first-order chi connectivity index (χ1) is 15.5. The van der Waals surface area contributed by atoms with Crippen LogP contribution >= 0.6 is 11.3 Å². The average molecular weight is 449 g/mol. The molecule has 0 atom stereocenters. The normalized spacial score (nSPS) is 12.8. The highest BCUT2D eigenvalue weighted by Crippen LogP contribution is 2.39. The molecule has 3 aromatic heterocycles. The summed E-state index contributed by atoms with van der Waals surface area (Å²) in [5.41, 5.74) is 5.54. The fraction of sp³-hybridized carbons (Fsp3) is 0.280. The fourth-order valence-corrected chi connectivity index (χ4v) is 5.57. The lowest BCUT2D eigenvalue weighted by Gasteiger charge is -2.09. The number of furan rings is 2. The van der Waals surface area contributed by atoms with E-state index >= 15 is 0 Å². The number of carbonyl (C=O) groups excluding carboxylic acids is 2. The van der Waals surface area contributed by atoms with Crippen molar-refractivity contribution in [1.29, 1.82) is 0 Å². The van der Waals surface area contributed by atoms with Gasteiger partial charge >= 0.3 is 0 Å². The standard InChI is InChI=1S/C25H24N2O4S/c1-14-8-9-18-16(13-31-23(18)15(14)2)11-21(28)27-25-22(19-6-3-7-20(19)32-25)24(29)26-12-17-5-4-10-30-17/h4-5,8-10,13H,3,6-7,11-12H2,1-2H3,(H,26,29)(H,27,28). The minimum atomic E-state index is -0.184. The van der Waals surface area contributed by atoms with Gasteiger partial charge in [0.05, 0.1) is 31.1 Å². The number of anilines is 1. The number of aryl methyl sites for hydroxylation is 3. The van der Waals surface area contributed by atoms with E-state index in [1.165, 1.54) is 16.2 Å². The van der Waals surface area contributed by atoms with Crippen LogP contribution in [0.15, 0.2) is 45.6 Å². The minimum absolute atomic E-state index is 0.161. The molecule has 0 aliphatic heterocycles. The van der Waals surface area contributed by atoms with Gasteiger partial charge in [0.2, 0.25) is 5.91 Å². The van der Waals surface area contributed by atoms with Crippen molar-refractivity contribution >= 4 is 39.1 Å². The third-order valence-corrected chi connectivity index (χ3v) is 7.30. The molecule has 0 saturated carbocycles. The lowest BCUT2D eigenvalue weighted by Crippen LogP contribution is -2.25. The summed E-state index contributed by atoms with van der Waals surface area (Å²) in [4.78, 5) is 27.1. The van der Waals surface area contributed by atoms with Crippen LogP contribution < -0.4 is 10.6 Å². The zero-order valence-corrected chi connectivity index (χ0v) is 18.9. The van der Waals surface area contributed by atoms with Gasteiger partial charge in [-0.15, -0.1) is 11.3 Å². The Morgan fingerprint density at radius 1 is 1.12 bits per heavy atom. The summed E-state index contributed by atoms with van der Waals surface area (Å²) in [6.45, 7) is 4.37. The fourth-order valence-electron chi connectivity index (χ4n) is 4.27. The molecule has 4 aromatic rings. The van der Waals surface area contributed by atoms with E-state index in [-0.39, 0.29) is 18.2 Å². The van der Waals surface area contributed by atoms with Gasteiger partial charge in [-0.2, -0.15) is 0 Å². The molecule has 7 heteroatoms. The van der Waals surface area contributed by atoms with Gasteiger partial charge in [0.15, 0.2) is 0 Å². The molecule has 1 aliphatic rings. The molecule has 0 spiro atoms. The van der Waals surface area contributed by atoms with Crippen molar-refractivity contribution in [3.63, 3.8) is 0 Å². The Hall–Kier alpha value is -3.32. The number of benzene rings is 1. The van der Waals surface area contributed by atoms with Gasteiger partial charge in [0.25, 0.3) is 5.91 Å². The van der Waals surface area contributed by atoms with E-state index < -0.39 is 0 Å². The number of hydrogen-bond donors (Lipinski definition) is 2. The van der Waals surface area contributed by atoms with Crippen LogP contribution in [-0.2, 0) is 30.6 Å². The van der Waals surface area contributed by atoms with Crippen LogP contribution in [0.2, 0.25) is 0 Å². The van der Waals surface area contributed by atoms with Crippen molar-refractivity contribution in [3.05, 3.63) is 75.2 Å². The van der Waals surface area contributed by atoms with Crippen LogP contribution in [0.25, 0.3) is 11.0 Å². The zero-order chi connectivity index (χ0) is 22.2. The largest absolute Gasteiger partial charge is 0.467 e. The lowest BCUT2D eigenvalue weighted by molar-refractivity contribution is -0.115. The van der Waals surface area contributed by atoms with Gasteiger partial charge in [-0.05, 0) is 61.9 Å². The van der Waals surface area contributed by atoms with Gasteiger partial charge < -0.3 is 19.5 Å². The molecule has 164 valence electrons. The second-order valence-corrected chi connectivity index (χ2v) is 9.30. The number of carbonyl (C=O) groups is 2. The van der Waals surface area contributed by atoms with Crippen LogP contribution in [0.1, 0.15) is 49.7 Å². The highest BCUT2D eigenvalue weighted by atomic mass is 32.1. The van der Waals surface area contributed by atoms with E-state index in [9.17, 15) is 9.59 Å². The highest BCUT2D eigenvalue weighted by molar-refractivity contribution is 7.17. The van der Waals surface area contributed by atoms with Crippen LogP contribution in [0, 0.1) is 13.8 Å². The Morgan fingerprint density at radius 2 is 2.00 bits per heavy atom. The van der Waals surface area contributed by atoms with Crippen molar-refractivity contribution < 1.29 is 18.4 Å². The molecule has 6 nitrogen and oxygen atoms in total. The summed E-state index contributed by atoms with van der Waals surface area (Å²) in [5.74, 6) is 0.343. The Balaban J connectivity index is 1.35. The van der Waals surface area contributed by atoms with E-state index in [1.54, 1.807) is 18.6 Å². The molecular formula is C25H24N2O4S. The third kappa shape index (κ3) is 3.73. The first-order valence-electron chi connectivity index (χ1n) is 10.7. The molecule has 0 fully saturated rings. The minimum Gasteiger partial charge on any atom is -0.467 e. The molecule has 2 N–H and O–H groups in total. The van der Waals surface area contributed by atoms with E-state index in [2.05, 4.69) is 10.6 Å². The van der Waals surface area contributed by atoms with Crippen molar-refractivity contribution in [2.75, 3.05) is 5.32 Å². The summed E-state index contributed by atoms with van der Waals surface area (Å²) in [7, 11) is 0. The van der Waals surface area contributed by atoms with Gasteiger partial charge in [0.1, 0.15) is 16.3 Å². The molecule has 0 saturated heterocycles. The molecule has 2 amide bonds. The molecular weight excluding hydrogens is 424 g/mol. The van der Waals surface area contributed by atoms with Gasteiger partial charge in [0, 0.05) is 15.8 Å². The molecule has 3 heterocycles. The average Bonchev–Trinajstić information content (AvgIpc) is 3.54. The van der Waals surface area contributed by atoms with Crippen LogP contribution in [0.5, 0.6) is 0 Å². The predicted octanol–water partition coefficient (Wildman–Crippen LogP) is 5.30. The number of fused-ring (bicyclic) bond motifs is 2. The summed E-state index contributed by atoms with van der Waals surface area (Å²) in [5, 5.41) is 7.49. The van der Waals surface area contributed by atoms with E-state index in [1.807, 2.05) is 32.0 Å². The number of amides is 2. The number of thiophene rings is 1. The van der Waals surface area contributed by atoms with Crippen molar-refractivity contribution in [2.45, 2.75) is 46.1 Å². The molecule has 32 heavy (non-hydrogen) atoms. The highest BCUT2D eigenvalue weighted by Gasteiger charge is 2.27. The van der Waals surface area contributed by atoms with E-state index in [0.717, 1.165) is 52.5 Å². The topological polar surface area (TPSA) is 84.5 Å². The Labute approximate surface area is 189 Å². The maximum atomic E-state index is 13.0. The molecule has 0 unspecified atom stereocenters. The second-order valence-electron chi connectivity index (χ2n) is 8.19. The first-order valence-corrected chi connectivity index (χ1v) is 11.5. The SMILES string of the molecule is Cc1ccc2c(CC(=O)Nc3sc4c(c3C(=O)NCc3ccco3)CCC4)coc2c1C. The van der Waals surface area contributed by atoms with Crippen LogP contribution in [-0.4, -0.2) is 11.8 Å². The maximum absolute atomic E-state index is 13.0. The van der Waals surface area contributed by atoms with Gasteiger partial charge in [-0.3, -0.25) is 9.59 Å². The summed E-state index contributed by atoms with van der Waals surface area (Å²) < 4.78 is 11.0. The van der Waals surface area contributed by atoms with E-state index in [0.29, 0.717) is 22.9 Å². The quantitative estimate of drug-likeness (QED) is 0.419. The Bertz CT molecular complexity index is 1310. The van der Waals surface area contributed by atoms with Gasteiger partial charge in [-0.1, -0.05) is 12.1 Å². The van der Waals surface area contributed by atoms with Crippen molar-refractivity contribution in [3.8, 4) is 0 Å². The number of rotatable bonds is 6. The summed E-state index contributed by atoms with van der Waals surface area (Å²) in [6.07, 6.45) is 6.26. The lowest BCUT2D eigenvalue weighted by atomic mass is 10.0. The smallest absolute Gasteiger partial charge is 0.254 e. The summed E-state index contributed by atoms with van der Waals surface area (Å²) >= 11 is 1.51. The van der Waals surface area contributed by atoms with Crippen LogP contribution in [0.4, 0.5) is 5.00 Å². The Morgan fingerprint density at radius 3 is 2.81 bits per heavy atom. The summed E-state index contributed by atoms with van der Waals surface area (Å²) in [6, 6.07) is 7.65. The molecule has 1 aliphatic carbocycles. The molecule has 0 bridgehead atoms. The van der Waals surface area contributed by atoms with Crippen LogP contribution in [0.3, 0.4) is 0 Å². The number of hydrogen-bond acceptors (Lipinski definition) is 5. The monoisotopic (exact) mass is 448 g/mol. The second kappa shape index (κ2) is 8.31. The maximum Gasteiger partial charge on any atom is 0.254 e. The van der Waals surface area contributed by atoms with Gasteiger partial charge in [-0.25, -0.2) is 0 Å². The zero-order valence-electron chi connectivity index (χ0n) is 18.0. The number of nitrogens with one attached hydrogen (secondary N) is 2. The molecule has 0 radical (unpaired) electrons.